The fourth-order valence-electron chi connectivity index (χ4n) is 3.70. The summed E-state index contributed by atoms with van der Waals surface area (Å²) in [4.78, 5) is 22.7. The topological polar surface area (TPSA) is 79.3 Å². The van der Waals surface area contributed by atoms with E-state index in [9.17, 15) is 0 Å². The summed E-state index contributed by atoms with van der Waals surface area (Å²) in [7, 11) is 2.09. The normalized spacial score (nSPS) is 18.0. The summed E-state index contributed by atoms with van der Waals surface area (Å²) >= 11 is 0. The van der Waals surface area contributed by atoms with E-state index in [-0.39, 0.29) is 6.17 Å². The van der Waals surface area contributed by atoms with Crippen LogP contribution in [0.4, 0.5) is 17.5 Å². The van der Waals surface area contributed by atoms with Crippen molar-refractivity contribution in [3.63, 3.8) is 0 Å². The molecule has 0 aliphatic carbocycles. The van der Waals surface area contributed by atoms with Crippen LogP contribution in [0.25, 0.3) is 10.9 Å². The van der Waals surface area contributed by atoms with Crippen molar-refractivity contribution in [3.8, 4) is 0 Å². The smallest absolute Gasteiger partial charge is 0.227 e. The van der Waals surface area contributed by atoms with Gasteiger partial charge in [0.05, 0.1) is 26.4 Å². The largest absolute Gasteiger partial charge is 0.378 e. The molecule has 3 aromatic rings. The van der Waals surface area contributed by atoms with Crippen molar-refractivity contribution in [3.05, 3.63) is 42.0 Å². The van der Waals surface area contributed by atoms with E-state index in [2.05, 4.69) is 37.1 Å². The first-order valence-electron chi connectivity index (χ1n) is 10.1. The van der Waals surface area contributed by atoms with Gasteiger partial charge < -0.3 is 19.9 Å². The van der Waals surface area contributed by atoms with Crippen molar-refractivity contribution < 1.29 is 6.11 Å². The van der Waals surface area contributed by atoms with Crippen molar-refractivity contribution in [1.82, 2.24) is 24.8 Å². The van der Waals surface area contributed by atoms with Gasteiger partial charge in [-0.3, -0.25) is 4.98 Å². The zero-order chi connectivity index (χ0) is 19.8. The summed E-state index contributed by atoms with van der Waals surface area (Å²) in [5, 5.41) is 4.13. The van der Waals surface area contributed by atoms with Crippen LogP contribution in [0.1, 0.15) is 12.6 Å². The van der Waals surface area contributed by atoms with Crippen LogP contribution in [0.2, 0.25) is 0 Å². The Morgan fingerprint density at radius 1 is 1.18 bits per heavy atom. The zero-order valence-electron chi connectivity index (χ0n) is 16.9. The Morgan fingerprint density at radius 2 is 2.07 bits per heavy atom. The van der Waals surface area contributed by atoms with E-state index in [4.69, 9.17) is 11.1 Å². The second kappa shape index (κ2) is 7.29. The summed E-state index contributed by atoms with van der Waals surface area (Å²) in [5.74, 6) is 1.28. The zero-order valence-corrected chi connectivity index (χ0v) is 15.9. The number of ether oxygens (including phenoxy) is 1. The molecule has 8 heteroatoms. The fraction of sp³-hybridized carbons (Fsp3) is 0.400. The third-order valence-electron chi connectivity index (χ3n) is 5.21. The maximum absolute atomic E-state index is 8.30. The van der Waals surface area contributed by atoms with Gasteiger partial charge in [-0.1, -0.05) is 0 Å². The van der Waals surface area contributed by atoms with Crippen LogP contribution in [0.5, 0.6) is 0 Å². The Kier molecular flexibility index (Phi) is 4.20. The van der Waals surface area contributed by atoms with Crippen LogP contribution in [-0.2, 0) is 17.7 Å². The summed E-state index contributed by atoms with van der Waals surface area (Å²) in [6.07, 6.45) is 4.67. The molecule has 2 aliphatic rings. The van der Waals surface area contributed by atoms with E-state index >= 15 is 0 Å². The van der Waals surface area contributed by atoms with Crippen LogP contribution in [0, 0.1) is 0 Å². The number of hydrogen-bond acceptors (Lipinski definition) is 8. The SMILES string of the molecule is [2H]c1nc2c(cc1Nc1ncc3ccnc(N4CCOCC4)c3n1)CN(C)CC2. The van der Waals surface area contributed by atoms with Crippen LogP contribution in [-0.4, -0.2) is 64.7 Å². The van der Waals surface area contributed by atoms with Gasteiger partial charge in [-0.15, -0.1) is 0 Å². The summed E-state index contributed by atoms with van der Waals surface area (Å²) in [6, 6.07) is 3.91. The second-order valence-electron chi connectivity index (χ2n) is 7.23. The maximum Gasteiger partial charge on any atom is 0.227 e. The van der Waals surface area contributed by atoms with Gasteiger partial charge in [-0.05, 0) is 24.7 Å². The van der Waals surface area contributed by atoms with Gasteiger partial charge in [0.1, 0.15) is 5.52 Å². The maximum atomic E-state index is 8.30. The van der Waals surface area contributed by atoms with E-state index in [1.165, 1.54) is 0 Å². The number of nitrogens with one attached hydrogen (secondary N) is 1. The number of rotatable bonds is 3. The molecular weight excluding hydrogens is 354 g/mol. The summed E-state index contributed by atoms with van der Waals surface area (Å²) < 4.78 is 13.8. The molecule has 0 bridgehead atoms. The van der Waals surface area contributed by atoms with Gasteiger partial charge in [0.15, 0.2) is 5.82 Å². The lowest BCUT2D eigenvalue weighted by atomic mass is 10.1. The van der Waals surface area contributed by atoms with Gasteiger partial charge in [0.2, 0.25) is 5.95 Å². The molecule has 0 radical (unpaired) electrons. The molecule has 1 N–H and O–H groups in total. The molecule has 8 nitrogen and oxygen atoms in total. The van der Waals surface area contributed by atoms with E-state index < -0.39 is 0 Å². The van der Waals surface area contributed by atoms with Gasteiger partial charge >= 0.3 is 0 Å². The third kappa shape index (κ3) is 3.36. The minimum absolute atomic E-state index is 0.219. The molecule has 28 heavy (non-hydrogen) atoms. The highest BCUT2D eigenvalue weighted by molar-refractivity contribution is 5.88. The monoisotopic (exact) mass is 378 g/mol. The van der Waals surface area contributed by atoms with E-state index in [1.807, 2.05) is 12.1 Å². The number of hydrogen-bond donors (Lipinski definition) is 1. The Hall–Kier alpha value is -2.84. The predicted molar refractivity (Wildman–Crippen MR) is 108 cm³/mol. The lowest BCUT2D eigenvalue weighted by Crippen LogP contribution is -2.37. The Balaban J connectivity index is 1.49. The number of likely N-dealkylation sites (N-methyl/N-ethyl adjacent to an activating group) is 1. The number of nitrogens with zero attached hydrogens (tertiary/aromatic N) is 6. The highest BCUT2D eigenvalue weighted by Crippen LogP contribution is 2.25. The van der Waals surface area contributed by atoms with E-state index in [0.29, 0.717) is 24.8 Å². The van der Waals surface area contributed by atoms with E-state index in [1.54, 1.807) is 12.4 Å². The van der Waals surface area contributed by atoms with Crippen LogP contribution in [0.15, 0.2) is 30.7 Å². The van der Waals surface area contributed by atoms with Crippen molar-refractivity contribution in [2.24, 2.45) is 0 Å². The molecule has 0 saturated carbocycles. The Morgan fingerprint density at radius 3 is 2.96 bits per heavy atom. The van der Waals surface area contributed by atoms with Gasteiger partial charge in [-0.25, -0.2) is 15.0 Å². The molecule has 0 unspecified atom stereocenters. The van der Waals surface area contributed by atoms with Crippen molar-refractivity contribution in [2.75, 3.05) is 50.1 Å². The fourth-order valence-corrected chi connectivity index (χ4v) is 3.70. The third-order valence-corrected chi connectivity index (χ3v) is 5.21. The molecule has 1 saturated heterocycles. The second-order valence-corrected chi connectivity index (χ2v) is 7.23. The predicted octanol–water partition coefficient (Wildman–Crippen LogP) is 1.99. The lowest BCUT2D eigenvalue weighted by molar-refractivity contribution is 0.122. The number of anilines is 3. The number of fused-ring (bicyclic) bond motifs is 2. The molecule has 0 amide bonds. The Labute approximate surface area is 165 Å². The van der Waals surface area contributed by atoms with Gasteiger partial charge in [-0.2, -0.15) is 0 Å². The average Bonchev–Trinajstić information content (AvgIpc) is 2.75. The van der Waals surface area contributed by atoms with E-state index in [0.717, 1.165) is 60.6 Å². The molecule has 144 valence electrons. The van der Waals surface area contributed by atoms with Crippen LogP contribution in [0.3, 0.4) is 0 Å². The highest BCUT2D eigenvalue weighted by atomic mass is 16.5. The lowest BCUT2D eigenvalue weighted by Gasteiger charge is -2.28. The Bertz CT molecular complexity index is 1050. The summed E-state index contributed by atoms with van der Waals surface area (Å²) in [6.45, 7) is 4.76. The molecule has 1 fully saturated rings. The average molecular weight is 378 g/mol. The number of aromatic nitrogens is 4. The molecular formula is C20H23N7O. The minimum atomic E-state index is 0.219. The first kappa shape index (κ1) is 16.1. The van der Waals surface area contributed by atoms with Crippen molar-refractivity contribution in [2.45, 2.75) is 13.0 Å². The quantitative estimate of drug-likeness (QED) is 0.741. The minimum Gasteiger partial charge on any atom is -0.378 e. The standard InChI is InChI=1S/C20H23N7O/c1-26-5-3-17-15(13-26)10-16(12-22-17)24-20-23-11-14-2-4-21-19(18(14)25-20)27-6-8-28-9-7-27/h2,4,10-12H,3,5-9,13H2,1H3,(H,23,24,25)/i12D. The first-order valence-corrected chi connectivity index (χ1v) is 9.57. The molecule has 5 heterocycles. The molecule has 0 spiro atoms. The van der Waals surface area contributed by atoms with Crippen molar-refractivity contribution in [1.29, 1.82) is 0 Å². The van der Waals surface area contributed by atoms with Gasteiger partial charge in [0.25, 0.3) is 0 Å². The first-order chi connectivity index (χ1) is 14.2. The highest BCUT2D eigenvalue weighted by Gasteiger charge is 2.18. The van der Waals surface area contributed by atoms with Crippen molar-refractivity contribution >= 4 is 28.4 Å². The number of pyridine rings is 2. The summed E-state index contributed by atoms with van der Waals surface area (Å²) in [5.41, 5.74) is 3.57. The van der Waals surface area contributed by atoms with Crippen LogP contribution >= 0.6 is 0 Å². The molecule has 2 aliphatic heterocycles. The number of morpholine rings is 1. The molecule has 0 aromatic carbocycles. The van der Waals surface area contributed by atoms with Gasteiger partial charge in [0, 0.05) is 56.1 Å². The van der Waals surface area contributed by atoms with Crippen LogP contribution < -0.4 is 10.2 Å². The molecule has 5 rings (SSSR count). The molecule has 0 atom stereocenters. The molecule has 3 aromatic heterocycles.